The summed E-state index contributed by atoms with van der Waals surface area (Å²) in [6, 6.07) is 0.918. The largest absolute Gasteiger partial charge is 0.369 e. The molecular weight excluding hydrogens is 178 g/mol. The maximum Gasteiger partial charge on any atom is 0.231 e. The Bertz CT molecular complexity index is 188. The fourth-order valence-corrected chi connectivity index (χ4v) is 1.85. The summed E-state index contributed by atoms with van der Waals surface area (Å²) in [6.45, 7) is 6.60. The van der Waals surface area contributed by atoms with Gasteiger partial charge >= 0.3 is 0 Å². The number of hydrogen-bond acceptors (Lipinski definition) is 3. The third-order valence-electron chi connectivity index (χ3n) is 2.71. The molecule has 1 unspecified atom stereocenters. The van der Waals surface area contributed by atoms with Gasteiger partial charge in [0.25, 0.3) is 0 Å². The molecule has 0 aromatic rings. The summed E-state index contributed by atoms with van der Waals surface area (Å²) < 4.78 is 0. The molecule has 0 spiro atoms. The van der Waals surface area contributed by atoms with Crippen LogP contribution >= 0.6 is 0 Å². The van der Waals surface area contributed by atoms with E-state index < -0.39 is 0 Å². The maximum atomic E-state index is 10.8. The molecule has 4 heteroatoms. The number of nitrogens with one attached hydrogen (secondary N) is 1. The van der Waals surface area contributed by atoms with Crippen molar-refractivity contribution in [2.75, 3.05) is 19.6 Å². The van der Waals surface area contributed by atoms with Crippen molar-refractivity contribution in [2.24, 2.45) is 5.73 Å². The highest BCUT2D eigenvalue weighted by atomic mass is 16.1. The summed E-state index contributed by atoms with van der Waals surface area (Å²) in [6.07, 6.45) is 2.45. The van der Waals surface area contributed by atoms with Gasteiger partial charge in [-0.3, -0.25) is 9.69 Å². The number of amides is 1. The average Bonchev–Trinajstić information content (AvgIpc) is 2.54. The van der Waals surface area contributed by atoms with Crippen LogP contribution in [0.5, 0.6) is 0 Å². The zero-order valence-corrected chi connectivity index (χ0v) is 9.12. The van der Waals surface area contributed by atoms with Crippen molar-refractivity contribution in [3.8, 4) is 0 Å². The number of hydrogen-bond donors (Lipinski definition) is 2. The van der Waals surface area contributed by atoms with Gasteiger partial charge in [0.1, 0.15) is 0 Å². The van der Waals surface area contributed by atoms with E-state index in [1.165, 1.54) is 12.8 Å². The quantitative estimate of drug-likeness (QED) is 0.652. The third-order valence-corrected chi connectivity index (χ3v) is 2.71. The zero-order chi connectivity index (χ0) is 10.6. The molecule has 0 aromatic heterocycles. The zero-order valence-electron chi connectivity index (χ0n) is 9.12. The summed E-state index contributed by atoms with van der Waals surface area (Å²) in [4.78, 5) is 13.0. The van der Waals surface area contributed by atoms with Gasteiger partial charge in [-0.05, 0) is 33.2 Å². The molecule has 0 radical (unpaired) electrons. The number of primary amides is 1. The predicted octanol–water partition coefficient (Wildman–Crippen LogP) is -0.0659. The van der Waals surface area contributed by atoms with Gasteiger partial charge in [0.05, 0.1) is 6.54 Å². The molecule has 0 aliphatic carbocycles. The lowest BCUT2D eigenvalue weighted by Gasteiger charge is -2.27. The Balaban J connectivity index is 2.37. The molecule has 1 fully saturated rings. The monoisotopic (exact) mass is 199 g/mol. The number of rotatable bonds is 5. The Kier molecular flexibility index (Phi) is 4.35. The average molecular weight is 199 g/mol. The standard InChI is InChI=1S/C10H21N3O/c1-8(2)13(7-10(11)14)6-9-4-3-5-12-9/h8-9,12H,3-7H2,1-2H3,(H2,11,14). The van der Waals surface area contributed by atoms with Crippen molar-refractivity contribution in [3.63, 3.8) is 0 Å². The van der Waals surface area contributed by atoms with Gasteiger partial charge in [-0.15, -0.1) is 0 Å². The summed E-state index contributed by atoms with van der Waals surface area (Å²) in [7, 11) is 0. The first-order chi connectivity index (χ1) is 6.59. The van der Waals surface area contributed by atoms with Gasteiger partial charge in [0, 0.05) is 18.6 Å². The molecule has 1 saturated heterocycles. The van der Waals surface area contributed by atoms with Crippen LogP contribution in [0.15, 0.2) is 0 Å². The molecule has 1 aliphatic rings. The van der Waals surface area contributed by atoms with Gasteiger partial charge in [0.15, 0.2) is 0 Å². The minimum atomic E-state index is -0.239. The summed E-state index contributed by atoms with van der Waals surface area (Å²) in [5.74, 6) is -0.239. The first kappa shape index (κ1) is 11.5. The Hall–Kier alpha value is -0.610. The second-order valence-corrected chi connectivity index (χ2v) is 4.28. The lowest BCUT2D eigenvalue weighted by Crippen LogP contribution is -2.45. The molecular formula is C10H21N3O. The highest BCUT2D eigenvalue weighted by Crippen LogP contribution is 2.08. The van der Waals surface area contributed by atoms with Crippen LogP contribution in [-0.4, -0.2) is 42.5 Å². The molecule has 82 valence electrons. The highest BCUT2D eigenvalue weighted by molar-refractivity contribution is 5.75. The number of nitrogens with two attached hydrogens (primary N) is 1. The second-order valence-electron chi connectivity index (χ2n) is 4.28. The lowest BCUT2D eigenvalue weighted by molar-refractivity contribution is -0.119. The van der Waals surface area contributed by atoms with Crippen LogP contribution in [0.25, 0.3) is 0 Å². The van der Waals surface area contributed by atoms with E-state index in [4.69, 9.17) is 5.73 Å². The smallest absolute Gasteiger partial charge is 0.231 e. The summed E-state index contributed by atoms with van der Waals surface area (Å²) in [5, 5.41) is 3.42. The van der Waals surface area contributed by atoms with Gasteiger partial charge in [-0.2, -0.15) is 0 Å². The van der Waals surface area contributed by atoms with Crippen LogP contribution < -0.4 is 11.1 Å². The van der Waals surface area contributed by atoms with E-state index >= 15 is 0 Å². The van der Waals surface area contributed by atoms with E-state index in [0.29, 0.717) is 18.6 Å². The van der Waals surface area contributed by atoms with Crippen molar-refractivity contribution >= 4 is 5.91 Å². The second kappa shape index (κ2) is 5.32. The van der Waals surface area contributed by atoms with Crippen molar-refractivity contribution in [2.45, 2.75) is 38.8 Å². The minimum absolute atomic E-state index is 0.239. The normalized spacial score (nSPS) is 22.1. The van der Waals surface area contributed by atoms with E-state index in [2.05, 4.69) is 24.1 Å². The van der Waals surface area contributed by atoms with E-state index in [1.807, 2.05) is 0 Å². The van der Waals surface area contributed by atoms with Gasteiger partial charge in [0.2, 0.25) is 5.91 Å². The van der Waals surface area contributed by atoms with Crippen molar-refractivity contribution in [1.82, 2.24) is 10.2 Å². The van der Waals surface area contributed by atoms with Gasteiger partial charge in [-0.1, -0.05) is 0 Å². The number of carbonyl (C=O) groups excluding carboxylic acids is 1. The fourth-order valence-electron chi connectivity index (χ4n) is 1.85. The topological polar surface area (TPSA) is 58.4 Å². The van der Waals surface area contributed by atoms with E-state index in [1.54, 1.807) is 0 Å². The first-order valence-corrected chi connectivity index (χ1v) is 5.35. The van der Waals surface area contributed by atoms with Crippen molar-refractivity contribution in [1.29, 1.82) is 0 Å². The highest BCUT2D eigenvalue weighted by Gasteiger charge is 2.20. The fraction of sp³-hybridized carbons (Fsp3) is 0.900. The minimum Gasteiger partial charge on any atom is -0.369 e. The Morgan fingerprint density at radius 1 is 1.64 bits per heavy atom. The molecule has 0 saturated carbocycles. The molecule has 3 N–H and O–H groups in total. The van der Waals surface area contributed by atoms with Crippen molar-refractivity contribution < 1.29 is 4.79 Å². The van der Waals surface area contributed by atoms with E-state index in [-0.39, 0.29) is 5.91 Å². The Morgan fingerprint density at radius 3 is 2.79 bits per heavy atom. The molecule has 0 aromatic carbocycles. The maximum absolute atomic E-state index is 10.8. The van der Waals surface area contributed by atoms with Crippen LogP contribution in [-0.2, 0) is 4.79 Å². The molecule has 1 aliphatic heterocycles. The molecule has 14 heavy (non-hydrogen) atoms. The molecule has 1 heterocycles. The van der Waals surface area contributed by atoms with Crippen LogP contribution in [0.4, 0.5) is 0 Å². The van der Waals surface area contributed by atoms with Gasteiger partial charge < -0.3 is 11.1 Å². The van der Waals surface area contributed by atoms with E-state index in [9.17, 15) is 4.79 Å². The van der Waals surface area contributed by atoms with Crippen LogP contribution in [0.1, 0.15) is 26.7 Å². The predicted molar refractivity (Wildman–Crippen MR) is 56.9 cm³/mol. The Morgan fingerprint density at radius 2 is 2.36 bits per heavy atom. The molecule has 1 atom stereocenters. The molecule has 0 bridgehead atoms. The van der Waals surface area contributed by atoms with Crippen LogP contribution in [0, 0.1) is 0 Å². The van der Waals surface area contributed by atoms with E-state index in [0.717, 1.165) is 13.1 Å². The van der Waals surface area contributed by atoms with Crippen molar-refractivity contribution in [3.05, 3.63) is 0 Å². The SMILES string of the molecule is CC(C)N(CC(N)=O)CC1CCCN1. The molecule has 1 amide bonds. The summed E-state index contributed by atoms with van der Waals surface area (Å²) in [5.41, 5.74) is 5.20. The molecule has 4 nitrogen and oxygen atoms in total. The number of carbonyl (C=O) groups is 1. The summed E-state index contributed by atoms with van der Waals surface area (Å²) >= 11 is 0. The van der Waals surface area contributed by atoms with Crippen LogP contribution in [0.3, 0.4) is 0 Å². The number of nitrogens with zero attached hydrogens (tertiary/aromatic N) is 1. The lowest BCUT2D eigenvalue weighted by atomic mass is 10.2. The van der Waals surface area contributed by atoms with Gasteiger partial charge in [-0.25, -0.2) is 0 Å². The van der Waals surface area contributed by atoms with Crippen LogP contribution in [0.2, 0.25) is 0 Å². The molecule has 1 rings (SSSR count). The first-order valence-electron chi connectivity index (χ1n) is 5.35. The third kappa shape index (κ3) is 3.64. The Labute approximate surface area is 85.8 Å².